The first-order valence-corrected chi connectivity index (χ1v) is 12.2. The van der Waals surface area contributed by atoms with Crippen LogP contribution in [0.15, 0.2) is 0 Å². The van der Waals surface area contributed by atoms with Crippen LogP contribution < -0.4 is 0 Å². The van der Waals surface area contributed by atoms with Gasteiger partial charge in [-0.1, -0.05) is 129 Å². The second kappa shape index (κ2) is 22.0. The van der Waals surface area contributed by atoms with E-state index in [9.17, 15) is 4.79 Å². The van der Waals surface area contributed by atoms with Gasteiger partial charge in [0.25, 0.3) is 5.91 Å². The maximum Gasteiger partial charge on any atom is 0.261 e. The fourth-order valence-corrected chi connectivity index (χ4v) is 3.71. The summed E-state index contributed by atoms with van der Waals surface area (Å²) in [5.41, 5.74) is 0. The monoisotopic (exact) mass is 403 g/mol. The van der Waals surface area contributed by atoms with Crippen LogP contribution in [-0.2, 0) is 4.79 Å². The third-order valence-electron chi connectivity index (χ3n) is 5.45. The SMILES string of the molecule is CCCCCCCCCCCCCCCCCCCCCCC(=O)N(O)Cl. The van der Waals surface area contributed by atoms with E-state index in [4.69, 9.17) is 17.0 Å². The van der Waals surface area contributed by atoms with Crippen LogP contribution in [0.2, 0.25) is 0 Å². The summed E-state index contributed by atoms with van der Waals surface area (Å²) in [6, 6.07) is 0. The standard InChI is InChI=1S/C23H46ClNO2/c1-2-3-4-5-6-7-8-9-10-11-12-13-14-15-16-17-18-19-20-21-22-23(26)25(24)27/h27H,2-22H2,1H3. The minimum absolute atomic E-state index is 0.176. The van der Waals surface area contributed by atoms with Crippen molar-refractivity contribution in [3.63, 3.8) is 0 Å². The van der Waals surface area contributed by atoms with E-state index in [0.29, 0.717) is 6.42 Å². The van der Waals surface area contributed by atoms with Crippen LogP contribution in [0, 0.1) is 0 Å². The molecule has 0 atom stereocenters. The Kier molecular flexibility index (Phi) is 21.8. The number of carbonyl (C=O) groups is 1. The van der Waals surface area contributed by atoms with Gasteiger partial charge in [0.15, 0.2) is 0 Å². The summed E-state index contributed by atoms with van der Waals surface area (Å²) in [6.45, 7) is 2.28. The molecule has 1 N–H and O–H groups in total. The molecule has 0 heterocycles. The summed E-state index contributed by atoms with van der Waals surface area (Å²) in [5, 5.41) is 8.73. The number of hydrogen-bond donors (Lipinski definition) is 1. The van der Waals surface area contributed by atoms with Gasteiger partial charge in [-0.3, -0.25) is 10.0 Å². The van der Waals surface area contributed by atoms with E-state index in [2.05, 4.69) is 6.92 Å². The summed E-state index contributed by atoms with van der Waals surface area (Å²) in [7, 11) is 0. The molecule has 0 fully saturated rings. The van der Waals surface area contributed by atoms with Gasteiger partial charge in [-0.2, -0.15) is 0 Å². The van der Waals surface area contributed by atoms with Crippen LogP contribution in [0.4, 0.5) is 0 Å². The first kappa shape index (κ1) is 26.7. The third-order valence-corrected chi connectivity index (χ3v) is 5.64. The highest BCUT2D eigenvalue weighted by atomic mass is 35.5. The molecule has 0 aromatic carbocycles. The lowest BCUT2D eigenvalue weighted by Crippen LogP contribution is -2.16. The number of hydroxylamine groups is 1. The highest BCUT2D eigenvalue weighted by Gasteiger charge is 2.06. The first-order chi connectivity index (χ1) is 13.2. The van der Waals surface area contributed by atoms with Gasteiger partial charge in [0, 0.05) is 18.2 Å². The number of nitrogens with zero attached hydrogens (tertiary/aromatic N) is 1. The molecule has 0 aromatic rings. The summed E-state index contributed by atoms with van der Waals surface area (Å²) in [5.74, 6) is -0.404. The Bertz CT molecular complexity index is 311. The lowest BCUT2D eigenvalue weighted by atomic mass is 10.0. The van der Waals surface area contributed by atoms with Crippen molar-refractivity contribution in [1.29, 1.82) is 0 Å². The van der Waals surface area contributed by atoms with E-state index >= 15 is 0 Å². The van der Waals surface area contributed by atoms with Crippen molar-refractivity contribution in [2.75, 3.05) is 0 Å². The topological polar surface area (TPSA) is 40.5 Å². The molecule has 27 heavy (non-hydrogen) atoms. The van der Waals surface area contributed by atoms with E-state index in [-0.39, 0.29) is 4.58 Å². The normalized spacial score (nSPS) is 11.1. The molecule has 0 aliphatic rings. The lowest BCUT2D eigenvalue weighted by molar-refractivity contribution is -0.146. The average Bonchev–Trinajstić information content (AvgIpc) is 2.66. The van der Waals surface area contributed by atoms with E-state index in [1.165, 1.54) is 116 Å². The molecule has 162 valence electrons. The van der Waals surface area contributed by atoms with Crippen LogP contribution >= 0.6 is 11.8 Å². The quantitative estimate of drug-likeness (QED) is 0.0901. The van der Waals surface area contributed by atoms with Crippen LogP contribution in [0.1, 0.15) is 142 Å². The molecule has 4 heteroatoms. The number of unbranched alkanes of at least 4 members (excludes halogenated alkanes) is 19. The molecule has 0 radical (unpaired) electrons. The maximum absolute atomic E-state index is 11.1. The van der Waals surface area contributed by atoms with E-state index in [1.807, 2.05) is 0 Å². The summed E-state index contributed by atoms with van der Waals surface area (Å²) < 4.78 is 0.176. The molecule has 0 saturated heterocycles. The number of carbonyl (C=O) groups excluding carboxylic acids is 1. The van der Waals surface area contributed by atoms with Gasteiger partial charge in [-0.05, 0) is 6.42 Å². The minimum atomic E-state index is -0.404. The second-order valence-electron chi connectivity index (χ2n) is 8.12. The van der Waals surface area contributed by atoms with Crippen molar-refractivity contribution in [2.45, 2.75) is 142 Å². The Hall–Kier alpha value is -0.280. The minimum Gasteiger partial charge on any atom is -0.271 e. The van der Waals surface area contributed by atoms with Gasteiger partial charge in [0.1, 0.15) is 0 Å². The Balaban J connectivity index is 3.04. The summed E-state index contributed by atoms with van der Waals surface area (Å²) in [4.78, 5) is 11.1. The predicted molar refractivity (Wildman–Crippen MR) is 117 cm³/mol. The Morgan fingerprint density at radius 3 is 1.11 bits per heavy atom. The molecule has 0 rings (SSSR count). The molecule has 3 nitrogen and oxygen atoms in total. The van der Waals surface area contributed by atoms with Crippen molar-refractivity contribution in [3.8, 4) is 0 Å². The van der Waals surface area contributed by atoms with Gasteiger partial charge in [-0.15, -0.1) is 4.58 Å². The van der Waals surface area contributed by atoms with Crippen molar-refractivity contribution >= 4 is 17.7 Å². The molecular weight excluding hydrogens is 358 g/mol. The average molecular weight is 404 g/mol. The van der Waals surface area contributed by atoms with Gasteiger partial charge in [0.05, 0.1) is 0 Å². The highest BCUT2D eigenvalue weighted by molar-refractivity contribution is 6.19. The first-order valence-electron chi connectivity index (χ1n) is 11.9. The Labute approximate surface area is 174 Å². The predicted octanol–water partition coefficient (Wildman–Crippen LogP) is 8.57. The molecular formula is C23H46ClNO2. The van der Waals surface area contributed by atoms with Crippen molar-refractivity contribution in [1.82, 2.24) is 4.58 Å². The molecule has 1 amide bonds. The second-order valence-corrected chi connectivity index (χ2v) is 8.44. The molecule has 0 saturated carbocycles. The molecule has 0 unspecified atom stereocenters. The van der Waals surface area contributed by atoms with Gasteiger partial charge < -0.3 is 0 Å². The molecule has 0 aliphatic heterocycles. The number of halogens is 1. The number of amides is 1. The van der Waals surface area contributed by atoms with Crippen LogP contribution in [0.25, 0.3) is 0 Å². The zero-order valence-electron chi connectivity index (χ0n) is 18.0. The third kappa shape index (κ3) is 21.9. The van der Waals surface area contributed by atoms with Crippen LogP contribution in [0.5, 0.6) is 0 Å². The summed E-state index contributed by atoms with van der Waals surface area (Å²) in [6.07, 6.45) is 27.3. The lowest BCUT2D eigenvalue weighted by Gasteiger charge is -2.05. The fourth-order valence-electron chi connectivity index (χ4n) is 3.62. The maximum atomic E-state index is 11.1. The van der Waals surface area contributed by atoms with Gasteiger partial charge in [0.2, 0.25) is 0 Å². The summed E-state index contributed by atoms with van der Waals surface area (Å²) >= 11 is 5.16. The van der Waals surface area contributed by atoms with Gasteiger partial charge >= 0.3 is 0 Å². The van der Waals surface area contributed by atoms with Crippen LogP contribution in [0.3, 0.4) is 0 Å². The van der Waals surface area contributed by atoms with Crippen molar-refractivity contribution < 1.29 is 10.0 Å². The zero-order chi connectivity index (χ0) is 20.0. The molecule has 0 aromatic heterocycles. The number of rotatable bonds is 21. The van der Waals surface area contributed by atoms with Gasteiger partial charge in [-0.25, -0.2) is 0 Å². The van der Waals surface area contributed by atoms with E-state index in [0.717, 1.165) is 12.8 Å². The molecule has 0 aliphatic carbocycles. The van der Waals surface area contributed by atoms with Crippen LogP contribution in [-0.4, -0.2) is 15.7 Å². The Morgan fingerprint density at radius 2 is 0.852 bits per heavy atom. The van der Waals surface area contributed by atoms with Crippen molar-refractivity contribution in [3.05, 3.63) is 0 Å². The van der Waals surface area contributed by atoms with Crippen molar-refractivity contribution in [2.24, 2.45) is 0 Å². The smallest absolute Gasteiger partial charge is 0.261 e. The fraction of sp³-hybridized carbons (Fsp3) is 0.957. The number of hydrogen-bond acceptors (Lipinski definition) is 2. The van der Waals surface area contributed by atoms with E-state index < -0.39 is 5.91 Å². The van der Waals surface area contributed by atoms with E-state index in [1.54, 1.807) is 0 Å². The largest absolute Gasteiger partial charge is 0.271 e. The molecule has 0 spiro atoms. The Morgan fingerprint density at radius 1 is 0.593 bits per heavy atom. The molecule has 0 bridgehead atoms. The zero-order valence-corrected chi connectivity index (χ0v) is 18.8. The highest BCUT2D eigenvalue weighted by Crippen LogP contribution is 2.15.